The first-order valence-electron chi connectivity index (χ1n) is 9.34. The van der Waals surface area contributed by atoms with Crippen molar-refractivity contribution in [2.24, 2.45) is 0 Å². The van der Waals surface area contributed by atoms with Crippen LogP contribution >= 0.6 is 27.3 Å². The van der Waals surface area contributed by atoms with Crippen LogP contribution in [0.1, 0.15) is 22.2 Å². The summed E-state index contributed by atoms with van der Waals surface area (Å²) < 4.78 is 0.850. The van der Waals surface area contributed by atoms with Gasteiger partial charge in [0.1, 0.15) is 5.54 Å². The highest BCUT2D eigenvalue weighted by atomic mass is 79.9. The second-order valence-corrected chi connectivity index (χ2v) is 9.19. The van der Waals surface area contributed by atoms with Gasteiger partial charge in [-0.1, -0.05) is 34.1 Å². The summed E-state index contributed by atoms with van der Waals surface area (Å²) in [5.41, 5.74) is -0.350. The molecule has 0 aliphatic carbocycles. The van der Waals surface area contributed by atoms with Crippen molar-refractivity contribution in [3.8, 4) is 0 Å². The number of urea groups is 1. The molecule has 29 heavy (non-hydrogen) atoms. The minimum atomic E-state index is -1.09. The molecule has 2 aliphatic rings. The maximum Gasteiger partial charge on any atom is 0.326 e. The Morgan fingerprint density at radius 3 is 2.59 bits per heavy atom. The van der Waals surface area contributed by atoms with Gasteiger partial charge in [-0.3, -0.25) is 14.5 Å². The van der Waals surface area contributed by atoms with Gasteiger partial charge in [-0.2, -0.15) is 0 Å². The van der Waals surface area contributed by atoms with E-state index in [-0.39, 0.29) is 18.5 Å². The van der Waals surface area contributed by atoms with Gasteiger partial charge in [0.2, 0.25) is 0 Å². The van der Waals surface area contributed by atoms with Crippen LogP contribution in [-0.2, 0) is 10.3 Å². The van der Waals surface area contributed by atoms with Crippen molar-refractivity contribution >= 4 is 45.1 Å². The summed E-state index contributed by atoms with van der Waals surface area (Å²) in [6.07, 6.45) is 0. The van der Waals surface area contributed by atoms with Gasteiger partial charge in [0.05, 0.1) is 11.5 Å². The summed E-state index contributed by atoms with van der Waals surface area (Å²) in [7, 11) is 0. The lowest BCUT2D eigenvalue weighted by atomic mass is 9.92. The molecule has 7 nitrogen and oxygen atoms in total. The summed E-state index contributed by atoms with van der Waals surface area (Å²) in [4.78, 5) is 44.0. The molecule has 1 N–H and O–H groups in total. The van der Waals surface area contributed by atoms with E-state index in [9.17, 15) is 14.4 Å². The summed E-state index contributed by atoms with van der Waals surface area (Å²) in [5, 5.41) is 4.73. The van der Waals surface area contributed by atoms with Gasteiger partial charge in [0, 0.05) is 30.7 Å². The van der Waals surface area contributed by atoms with E-state index in [2.05, 4.69) is 21.2 Å². The number of rotatable bonds is 4. The lowest BCUT2D eigenvalue weighted by Gasteiger charge is -2.35. The Bertz CT molecular complexity index is 943. The van der Waals surface area contributed by atoms with E-state index >= 15 is 0 Å². The van der Waals surface area contributed by atoms with Gasteiger partial charge >= 0.3 is 6.03 Å². The lowest BCUT2D eigenvalue weighted by molar-refractivity contribution is -0.132. The van der Waals surface area contributed by atoms with Crippen molar-refractivity contribution in [1.82, 2.24) is 20.0 Å². The molecule has 0 radical (unpaired) electrons. The van der Waals surface area contributed by atoms with Crippen molar-refractivity contribution in [2.45, 2.75) is 12.5 Å². The summed E-state index contributed by atoms with van der Waals surface area (Å²) in [6.45, 7) is 4.32. The average Bonchev–Trinajstić information content (AvgIpc) is 3.32. The minimum Gasteiger partial charge on any atom is -0.335 e. The van der Waals surface area contributed by atoms with Crippen molar-refractivity contribution in [3.63, 3.8) is 0 Å². The third-order valence-corrected chi connectivity index (χ3v) is 6.76. The zero-order chi connectivity index (χ0) is 20.6. The van der Waals surface area contributed by atoms with Crippen LogP contribution in [0.25, 0.3) is 0 Å². The second kappa shape index (κ2) is 7.89. The topological polar surface area (TPSA) is 73.0 Å². The van der Waals surface area contributed by atoms with E-state index < -0.39 is 11.6 Å². The largest absolute Gasteiger partial charge is 0.335 e. The highest BCUT2D eigenvalue weighted by Gasteiger charge is 2.49. The van der Waals surface area contributed by atoms with E-state index in [0.717, 1.165) is 14.9 Å². The van der Waals surface area contributed by atoms with Crippen molar-refractivity contribution in [1.29, 1.82) is 0 Å². The molecular formula is C20H21BrN4O3S. The van der Waals surface area contributed by atoms with Crippen LogP contribution in [0.3, 0.4) is 0 Å². The molecule has 0 unspecified atom stereocenters. The quantitative estimate of drug-likeness (QED) is 0.688. The number of nitrogens with zero attached hydrogens (tertiary/aromatic N) is 3. The molecule has 0 spiro atoms. The number of imide groups is 1. The number of benzene rings is 1. The average molecular weight is 477 g/mol. The minimum absolute atomic E-state index is 0.0388. The first kappa shape index (κ1) is 20.1. The maximum absolute atomic E-state index is 13.1. The molecular weight excluding hydrogens is 456 g/mol. The Balaban J connectivity index is 1.40. The monoisotopic (exact) mass is 476 g/mol. The van der Waals surface area contributed by atoms with E-state index in [1.807, 2.05) is 51.6 Å². The standard InChI is InChI=1S/C20H21BrN4O3S/c1-20(14-4-2-5-15(21)12-14)18(27)25(19(28)22-20)13-23-7-9-24(10-8-23)17(26)16-6-3-11-29-16/h2-6,11-12H,7-10,13H2,1H3,(H,22,28)/t20-/m1/s1. The summed E-state index contributed by atoms with van der Waals surface area (Å²) in [6, 6.07) is 10.7. The molecule has 152 valence electrons. The molecule has 0 bridgehead atoms. The molecule has 4 rings (SSSR count). The fourth-order valence-corrected chi connectivity index (χ4v) is 4.76. The van der Waals surface area contributed by atoms with Gasteiger partial charge in [0.15, 0.2) is 0 Å². The maximum atomic E-state index is 13.1. The molecule has 2 aromatic rings. The van der Waals surface area contributed by atoms with Crippen molar-refractivity contribution in [2.75, 3.05) is 32.8 Å². The Morgan fingerprint density at radius 2 is 1.93 bits per heavy atom. The molecule has 2 saturated heterocycles. The fourth-order valence-electron chi connectivity index (χ4n) is 3.67. The zero-order valence-corrected chi connectivity index (χ0v) is 18.3. The predicted molar refractivity (Wildman–Crippen MR) is 114 cm³/mol. The molecule has 1 aromatic heterocycles. The Hall–Kier alpha value is -2.23. The van der Waals surface area contributed by atoms with Crippen LogP contribution in [0, 0.1) is 0 Å². The first-order valence-corrected chi connectivity index (χ1v) is 11.0. The van der Waals surface area contributed by atoms with Crippen molar-refractivity contribution < 1.29 is 14.4 Å². The number of halogens is 1. The highest BCUT2D eigenvalue weighted by molar-refractivity contribution is 9.10. The van der Waals surface area contributed by atoms with Gasteiger partial charge < -0.3 is 10.2 Å². The van der Waals surface area contributed by atoms with E-state index in [1.165, 1.54) is 16.2 Å². The predicted octanol–water partition coefficient (Wildman–Crippen LogP) is 2.69. The van der Waals surface area contributed by atoms with Gasteiger partial charge in [-0.05, 0) is 36.1 Å². The Labute approximate surface area is 181 Å². The zero-order valence-electron chi connectivity index (χ0n) is 15.9. The number of piperazine rings is 1. The molecule has 3 heterocycles. The van der Waals surface area contributed by atoms with Crippen LogP contribution < -0.4 is 5.32 Å². The molecule has 0 saturated carbocycles. The van der Waals surface area contributed by atoms with Crippen LogP contribution in [0.2, 0.25) is 0 Å². The number of hydrogen-bond donors (Lipinski definition) is 1. The summed E-state index contributed by atoms with van der Waals surface area (Å²) >= 11 is 4.85. The third kappa shape index (κ3) is 3.82. The van der Waals surface area contributed by atoms with Crippen LogP contribution in [0.5, 0.6) is 0 Å². The molecule has 1 atom stereocenters. The first-order chi connectivity index (χ1) is 13.9. The second-order valence-electron chi connectivity index (χ2n) is 7.33. The number of thiophene rings is 1. The Morgan fingerprint density at radius 1 is 1.17 bits per heavy atom. The Kier molecular flexibility index (Phi) is 5.46. The third-order valence-electron chi connectivity index (χ3n) is 5.41. The summed E-state index contributed by atoms with van der Waals surface area (Å²) in [5.74, 6) is -0.227. The molecule has 4 amide bonds. The van der Waals surface area contributed by atoms with Crippen LogP contribution in [-0.4, -0.2) is 65.4 Å². The lowest BCUT2D eigenvalue weighted by Crippen LogP contribution is -2.52. The van der Waals surface area contributed by atoms with E-state index in [0.29, 0.717) is 26.2 Å². The normalized spacial score (nSPS) is 22.8. The highest BCUT2D eigenvalue weighted by Crippen LogP contribution is 2.30. The SMILES string of the molecule is C[C@]1(c2cccc(Br)c2)NC(=O)N(CN2CCN(C(=O)c3cccs3)CC2)C1=O. The van der Waals surface area contributed by atoms with Gasteiger partial charge in [-0.25, -0.2) is 9.69 Å². The number of amides is 4. The number of nitrogens with one attached hydrogen (secondary N) is 1. The van der Waals surface area contributed by atoms with Crippen molar-refractivity contribution in [3.05, 3.63) is 56.7 Å². The molecule has 2 aliphatic heterocycles. The number of hydrogen-bond acceptors (Lipinski definition) is 5. The molecule has 1 aromatic carbocycles. The van der Waals surface area contributed by atoms with E-state index in [1.54, 1.807) is 6.92 Å². The van der Waals surface area contributed by atoms with Gasteiger partial charge in [0.25, 0.3) is 11.8 Å². The van der Waals surface area contributed by atoms with Gasteiger partial charge in [-0.15, -0.1) is 11.3 Å². The van der Waals surface area contributed by atoms with Crippen LogP contribution in [0.4, 0.5) is 4.79 Å². The smallest absolute Gasteiger partial charge is 0.326 e. The molecule has 9 heteroatoms. The van der Waals surface area contributed by atoms with E-state index in [4.69, 9.17) is 0 Å². The fraction of sp³-hybridized carbons (Fsp3) is 0.350. The molecule has 2 fully saturated rings. The number of carbonyl (C=O) groups is 3. The number of carbonyl (C=O) groups excluding carboxylic acids is 3. The van der Waals surface area contributed by atoms with Crippen LogP contribution in [0.15, 0.2) is 46.3 Å².